The first-order valence-electron chi connectivity index (χ1n) is 7.81. The van der Waals surface area contributed by atoms with Crippen molar-refractivity contribution >= 4 is 0 Å². The van der Waals surface area contributed by atoms with Gasteiger partial charge in [-0.1, -0.05) is 20.8 Å². The summed E-state index contributed by atoms with van der Waals surface area (Å²) in [4.78, 5) is 3.66. The first-order chi connectivity index (χ1) is 10.8. The molecule has 23 heavy (non-hydrogen) atoms. The SMILES string of the molecule is CC.CC1Cc2c(OC3CC(F)(F)C3)cnc(C(F)F)c2C1O. The number of fused-ring (bicyclic) bond motifs is 1. The van der Waals surface area contributed by atoms with Gasteiger partial charge in [0.2, 0.25) is 0 Å². The van der Waals surface area contributed by atoms with Crippen LogP contribution in [0.5, 0.6) is 5.75 Å². The highest BCUT2D eigenvalue weighted by atomic mass is 19.3. The number of ether oxygens (including phenoxy) is 1. The van der Waals surface area contributed by atoms with Gasteiger partial charge in [-0.15, -0.1) is 0 Å². The molecule has 2 aliphatic carbocycles. The molecule has 3 nitrogen and oxygen atoms in total. The predicted molar refractivity (Wildman–Crippen MR) is 77.0 cm³/mol. The monoisotopic (exact) mass is 335 g/mol. The molecular formula is C16H21F4NO2. The summed E-state index contributed by atoms with van der Waals surface area (Å²) in [7, 11) is 0. The molecule has 0 bridgehead atoms. The van der Waals surface area contributed by atoms with Gasteiger partial charge in [-0.05, 0) is 12.3 Å². The Morgan fingerprint density at radius 3 is 2.43 bits per heavy atom. The van der Waals surface area contributed by atoms with Crippen molar-refractivity contribution < 1.29 is 27.4 Å². The topological polar surface area (TPSA) is 42.4 Å². The van der Waals surface area contributed by atoms with E-state index in [2.05, 4.69) is 4.98 Å². The number of halogens is 4. The molecule has 0 spiro atoms. The molecule has 130 valence electrons. The molecule has 3 rings (SSSR count). The Kier molecular flexibility index (Phi) is 5.18. The Bertz CT molecular complexity index is 557. The highest BCUT2D eigenvalue weighted by Crippen LogP contribution is 2.46. The third-order valence-corrected chi connectivity index (χ3v) is 4.13. The number of hydrogen-bond acceptors (Lipinski definition) is 3. The molecule has 2 atom stereocenters. The fraction of sp³-hybridized carbons (Fsp3) is 0.688. The van der Waals surface area contributed by atoms with E-state index in [1.807, 2.05) is 13.8 Å². The van der Waals surface area contributed by atoms with Gasteiger partial charge >= 0.3 is 0 Å². The largest absolute Gasteiger partial charge is 0.488 e. The highest BCUT2D eigenvalue weighted by molar-refractivity contribution is 5.46. The number of rotatable bonds is 3. The number of alkyl halides is 4. The van der Waals surface area contributed by atoms with Crippen LogP contribution in [-0.4, -0.2) is 22.1 Å². The zero-order valence-electron chi connectivity index (χ0n) is 13.3. The number of hydrogen-bond donors (Lipinski definition) is 1. The zero-order valence-corrected chi connectivity index (χ0v) is 13.3. The molecule has 0 amide bonds. The molecule has 1 aromatic rings. The van der Waals surface area contributed by atoms with E-state index >= 15 is 0 Å². The molecule has 0 radical (unpaired) electrons. The summed E-state index contributed by atoms with van der Waals surface area (Å²) in [6, 6.07) is 0. The van der Waals surface area contributed by atoms with Gasteiger partial charge in [0.1, 0.15) is 17.5 Å². The molecule has 1 heterocycles. The molecule has 2 aliphatic rings. The van der Waals surface area contributed by atoms with Crippen LogP contribution in [0.3, 0.4) is 0 Å². The Hall–Kier alpha value is -1.37. The molecule has 1 N–H and O–H groups in total. The van der Waals surface area contributed by atoms with Crippen LogP contribution in [-0.2, 0) is 6.42 Å². The molecular weight excluding hydrogens is 314 g/mol. The second-order valence-electron chi connectivity index (χ2n) is 5.83. The first kappa shape index (κ1) is 18.0. The van der Waals surface area contributed by atoms with E-state index in [1.165, 1.54) is 0 Å². The van der Waals surface area contributed by atoms with Crippen molar-refractivity contribution in [3.63, 3.8) is 0 Å². The van der Waals surface area contributed by atoms with Crippen LogP contribution < -0.4 is 4.74 Å². The average Bonchev–Trinajstić information content (AvgIpc) is 2.76. The van der Waals surface area contributed by atoms with Crippen LogP contribution in [0.4, 0.5) is 17.6 Å². The van der Waals surface area contributed by atoms with Crippen molar-refractivity contribution in [1.29, 1.82) is 0 Å². The number of aromatic nitrogens is 1. The predicted octanol–water partition coefficient (Wildman–Crippen LogP) is 4.45. The third kappa shape index (κ3) is 3.44. The van der Waals surface area contributed by atoms with Crippen molar-refractivity contribution in [3.8, 4) is 5.75 Å². The van der Waals surface area contributed by atoms with Gasteiger partial charge < -0.3 is 9.84 Å². The summed E-state index contributed by atoms with van der Waals surface area (Å²) < 4.78 is 57.1. The summed E-state index contributed by atoms with van der Waals surface area (Å²) in [5.41, 5.74) is 0.115. The lowest BCUT2D eigenvalue weighted by atomic mass is 9.91. The Morgan fingerprint density at radius 2 is 1.91 bits per heavy atom. The summed E-state index contributed by atoms with van der Waals surface area (Å²) in [5.74, 6) is -2.71. The van der Waals surface area contributed by atoms with E-state index in [9.17, 15) is 22.7 Å². The molecule has 1 fully saturated rings. The lowest BCUT2D eigenvalue weighted by Crippen LogP contribution is -2.43. The highest BCUT2D eigenvalue weighted by Gasteiger charge is 2.47. The lowest BCUT2D eigenvalue weighted by Gasteiger charge is -2.35. The van der Waals surface area contributed by atoms with Crippen LogP contribution in [0.2, 0.25) is 0 Å². The van der Waals surface area contributed by atoms with E-state index in [0.29, 0.717) is 12.0 Å². The molecule has 7 heteroatoms. The minimum Gasteiger partial charge on any atom is -0.488 e. The molecule has 0 aliphatic heterocycles. The van der Waals surface area contributed by atoms with E-state index in [-0.39, 0.29) is 30.1 Å². The quantitative estimate of drug-likeness (QED) is 0.830. The molecule has 0 aromatic carbocycles. The van der Waals surface area contributed by atoms with Crippen molar-refractivity contribution in [3.05, 3.63) is 23.0 Å². The van der Waals surface area contributed by atoms with Crippen LogP contribution >= 0.6 is 0 Å². The normalized spacial score (nSPS) is 25.4. The smallest absolute Gasteiger partial charge is 0.280 e. The fourth-order valence-corrected chi connectivity index (χ4v) is 2.97. The van der Waals surface area contributed by atoms with Gasteiger partial charge in [0, 0.05) is 24.0 Å². The van der Waals surface area contributed by atoms with Crippen LogP contribution in [0.1, 0.15) is 63.0 Å². The van der Waals surface area contributed by atoms with Crippen molar-refractivity contribution in [2.24, 2.45) is 5.92 Å². The summed E-state index contributed by atoms with van der Waals surface area (Å²) in [5, 5.41) is 10.0. The second-order valence-corrected chi connectivity index (χ2v) is 5.83. The summed E-state index contributed by atoms with van der Waals surface area (Å²) in [6.07, 6.45) is -3.67. The first-order valence-corrected chi connectivity index (χ1v) is 7.81. The van der Waals surface area contributed by atoms with E-state index in [0.717, 1.165) is 6.20 Å². The maximum Gasteiger partial charge on any atom is 0.280 e. The molecule has 0 saturated heterocycles. The Balaban J connectivity index is 0.000000924. The Morgan fingerprint density at radius 1 is 1.30 bits per heavy atom. The minimum absolute atomic E-state index is 0.0982. The van der Waals surface area contributed by atoms with Crippen molar-refractivity contribution in [2.75, 3.05) is 0 Å². The molecule has 2 unspecified atom stereocenters. The average molecular weight is 335 g/mol. The van der Waals surface area contributed by atoms with Gasteiger partial charge in [-0.3, -0.25) is 4.98 Å². The van der Waals surface area contributed by atoms with E-state index < -0.39 is 30.2 Å². The fourth-order valence-electron chi connectivity index (χ4n) is 2.97. The standard InChI is InChI=1S/C14H15F4NO2.C2H6/c1-6-2-8-9(21-7-3-14(17,18)4-7)5-19-11(13(15)16)10(8)12(6)20;1-2/h5-7,12-13,20H,2-4H2,1H3;1-2H3. The zero-order chi connectivity index (χ0) is 17.4. The third-order valence-electron chi connectivity index (χ3n) is 4.13. The maximum absolute atomic E-state index is 13.0. The van der Waals surface area contributed by atoms with Crippen molar-refractivity contribution in [2.45, 2.75) is 64.6 Å². The van der Waals surface area contributed by atoms with Gasteiger partial charge in [0.25, 0.3) is 12.3 Å². The van der Waals surface area contributed by atoms with Crippen LogP contribution in [0.25, 0.3) is 0 Å². The van der Waals surface area contributed by atoms with Gasteiger partial charge in [-0.2, -0.15) is 0 Å². The number of nitrogens with zero attached hydrogens (tertiary/aromatic N) is 1. The van der Waals surface area contributed by atoms with Gasteiger partial charge in [-0.25, -0.2) is 17.6 Å². The summed E-state index contributed by atoms with van der Waals surface area (Å²) in [6.45, 7) is 5.74. The molecule has 1 aromatic heterocycles. The summed E-state index contributed by atoms with van der Waals surface area (Å²) >= 11 is 0. The van der Waals surface area contributed by atoms with Gasteiger partial charge in [0.15, 0.2) is 0 Å². The van der Waals surface area contributed by atoms with Crippen LogP contribution in [0, 0.1) is 5.92 Å². The molecule has 1 saturated carbocycles. The lowest BCUT2D eigenvalue weighted by molar-refractivity contribution is -0.134. The number of aliphatic hydroxyl groups excluding tert-OH is 1. The Labute approximate surface area is 132 Å². The van der Waals surface area contributed by atoms with Crippen LogP contribution in [0.15, 0.2) is 6.20 Å². The van der Waals surface area contributed by atoms with E-state index in [4.69, 9.17) is 4.74 Å². The van der Waals surface area contributed by atoms with Gasteiger partial charge in [0.05, 0.1) is 12.3 Å². The second kappa shape index (κ2) is 6.63. The number of pyridine rings is 1. The van der Waals surface area contributed by atoms with Crippen molar-refractivity contribution in [1.82, 2.24) is 4.98 Å². The maximum atomic E-state index is 13.0. The minimum atomic E-state index is -2.79. The van der Waals surface area contributed by atoms with E-state index in [1.54, 1.807) is 6.92 Å². The number of aliphatic hydroxyl groups is 1.